The van der Waals surface area contributed by atoms with E-state index in [4.69, 9.17) is 4.74 Å². The minimum atomic E-state index is 0.0443. The molecule has 0 saturated carbocycles. The van der Waals surface area contributed by atoms with Crippen LogP contribution in [0.1, 0.15) is 25.6 Å². The third-order valence-electron chi connectivity index (χ3n) is 2.95. The Kier molecular flexibility index (Phi) is 5.09. The Morgan fingerprint density at radius 3 is 3.00 bits per heavy atom. The molecule has 1 aliphatic heterocycles. The molecule has 2 rings (SSSR count). The summed E-state index contributed by atoms with van der Waals surface area (Å²) < 4.78 is 5.32. The van der Waals surface area contributed by atoms with E-state index in [2.05, 4.69) is 20.2 Å². The molecule has 1 amide bonds. The summed E-state index contributed by atoms with van der Waals surface area (Å²) in [5, 5.41) is 2.82. The van der Waals surface area contributed by atoms with Crippen molar-refractivity contribution in [3.8, 4) is 0 Å². The number of ether oxygens (including phenoxy) is 1. The fourth-order valence-corrected chi connectivity index (χ4v) is 1.94. The van der Waals surface area contributed by atoms with Crippen LogP contribution in [0.3, 0.4) is 0 Å². The molecule has 0 spiro atoms. The van der Waals surface area contributed by atoms with Crippen LogP contribution in [-0.4, -0.2) is 42.2 Å². The largest absolute Gasteiger partial charge is 0.378 e. The number of rotatable bonds is 5. The van der Waals surface area contributed by atoms with Crippen molar-refractivity contribution in [2.45, 2.75) is 26.3 Å². The lowest BCUT2D eigenvalue weighted by atomic mass is 10.3. The van der Waals surface area contributed by atoms with Crippen LogP contribution in [0.4, 0.5) is 5.82 Å². The highest BCUT2D eigenvalue weighted by Gasteiger charge is 2.13. The predicted octanol–water partition coefficient (Wildman–Crippen LogP) is 0.729. The maximum absolute atomic E-state index is 11.4. The lowest BCUT2D eigenvalue weighted by Gasteiger charge is -2.27. The molecule has 0 radical (unpaired) electrons. The Morgan fingerprint density at radius 2 is 2.26 bits per heavy atom. The first-order chi connectivity index (χ1) is 9.29. The Bertz CT molecular complexity index is 419. The van der Waals surface area contributed by atoms with Crippen molar-refractivity contribution in [2.24, 2.45) is 0 Å². The van der Waals surface area contributed by atoms with E-state index in [0.717, 1.165) is 38.5 Å². The number of hydrogen-bond acceptors (Lipinski definition) is 5. The Hall–Kier alpha value is -1.69. The van der Waals surface area contributed by atoms with Gasteiger partial charge >= 0.3 is 0 Å². The van der Waals surface area contributed by atoms with E-state index in [1.165, 1.54) is 0 Å². The highest BCUT2D eigenvalue weighted by Crippen LogP contribution is 2.11. The van der Waals surface area contributed by atoms with Crippen molar-refractivity contribution >= 4 is 11.7 Å². The standard InChI is InChI=1S/C13H20N4O2/c1-2-3-13(18)15-10-11-14-5-4-12(16-11)17-6-8-19-9-7-17/h4-5H,2-3,6-10H2,1H3,(H,15,18). The molecular formula is C13H20N4O2. The zero-order chi connectivity index (χ0) is 13.5. The second-order valence-corrected chi connectivity index (χ2v) is 4.46. The molecule has 104 valence electrons. The molecule has 0 unspecified atom stereocenters. The van der Waals surface area contributed by atoms with Gasteiger partial charge in [-0.15, -0.1) is 0 Å². The van der Waals surface area contributed by atoms with Gasteiger partial charge in [-0.25, -0.2) is 9.97 Å². The van der Waals surface area contributed by atoms with Gasteiger partial charge in [-0.1, -0.05) is 6.92 Å². The number of hydrogen-bond donors (Lipinski definition) is 1. The first-order valence-corrected chi connectivity index (χ1v) is 6.71. The lowest BCUT2D eigenvalue weighted by molar-refractivity contribution is -0.121. The van der Waals surface area contributed by atoms with Crippen LogP contribution in [0.25, 0.3) is 0 Å². The van der Waals surface area contributed by atoms with Crippen molar-refractivity contribution in [3.05, 3.63) is 18.1 Å². The van der Waals surface area contributed by atoms with Crippen LogP contribution < -0.4 is 10.2 Å². The van der Waals surface area contributed by atoms with Gasteiger partial charge in [-0.05, 0) is 12.5 Å². The van der Waals surface area contributed by atoms with E-state index < -0.39 is 0 Å². The molecule has 6 heteroatoms. The van der Waals surface area contributed by atoms with Crippen molar-refractivity contribution in [3.63, 3.8) is 0 Å². The van der Waals surface area contributed by atoms with E-state index in [0.29, 0.717) is 18.8 Å². The molecule has 1 aromatic heterocycles. The maximum atomic E-state index is 11.4. The van der Waals surface area contributed by atoms with Crippen LogP contribution in [-0.2, 0) is 16.1 Å². The number of nitrogens with zero attached hydrogens (tertiary/aromatic N) is 3. The number of aromatic nitrogens is 2. The second-order valence-electron chi connectivity index (χ2n) is 4.46. The first kappa shape index (κ1) is 13.7. The van der Waals surface area contributed by atoms with E-state index in [1.807, 2.05) is 13.0 Å². The van der Waals surface area contributed by atoms with Gasteiger partial charge in [0.25, 0.3) is 0 Å². The summed E-state index contributed by atoms with van der Waals surface area (Å²) in [4.78, 5) is 22.2. The van der Waals surface area contributed by atoms with Crippen LogP contribution in [0.5, 0.6) is 0 Å². The van der Waals surface area contributed by atoms with Crippen LogP contribution >= 0.6 is 0 Å². The summed E-state index contributed by atoms with van der Waals surface area (Å²) in [5.41, 5.74) is 0. The summed E-state index contributed by atoms with van der Waals surface area (Å²) >= 11 is 0. The minimum absolute atomic E-state index is 0.0443. The number of amides is 1. The minimum Gasteiger partial charge on any atom is -0.378 e. The molecule has 0 aromatic carbocycles. The van der Waals surface area contributed by atoms with Crippen LogP contribution in [0, 0.1) is 0 Å². The fourth-order valence-electron chi connectivity index (χ4n) is 1.94. The average Bonchev–Trinajstić information content (AvgIpc) is 2.47. The molecule has 2 heterocycles. The van der Waals surface area contributed by atoms with Gasteiger partial charge in [0.05, 0.1) is 19.8 Å². The van der Waals surface area contributed by atoms with Gasteiger partial charge < -0.3 is 15.0 Å². The van der Waals surface area contributed by atoms with Crippen LogP contribution in [0.15, 0.2) is 12.3 Å². The van der Waals surface area contributed by atoms with Crippen molar-refractivity contribution in [1.29, 1.82) is 0 Å². The monoisotopic (exact) mass is 264 g/mol. The van der Waals surface area contributed by atoms with Gasteiger partial charge in [-0.3, -0.25) is 4.79 Å². The van der Waals surface area contributed by atoms with Crippen molar-refractivity contribution < 1.29 is 9.53 Å². The summed E-state index contributed by atoms with van der Waals surface area (Å²) in [7, 11) is 0. The highest BCUT2D eigenvalue weighted by atomic mass is 16.5. The second kappa shape index (κ2) is 7.04. The van der Waals surface area contributed by atoms with Crippen molar-refractivity contribution in [1.82, 2.24) is 15.3 Å². The van der Waals surface area contributed by atoms with Crippen molar-refractivity contribution in [2.75, 3.05) is 31.2 Å². The van der Waals surface area contributed by atoms with Gasteiger partial charge in [0, 0.05) is 25.7 Å². The Labute approximate surface area is 113 Å². The zero-order valence-corrected chi connectivity index (χ0v) is 11.3. The van der Waals surface area contributed by atoms with Crippen LogP contribution in [0.2, 0.25) is 0 Å². The normalized spacial score (nSPS) is 15.3. The van der Waals surface area contributed by atoms with Gasteiger partial charge in [-0.2, -0.15) is 0 Å². The zero-order valence-electron chi connectivity index (χ0n) is 11.3. The van der Waals surface area contributed by atoms with E-state index in [9.17, 15) is 4.79 Å². The Balaban J connectivity index is 1.92. The fraction of sp³-hybridized carbons (Fsp3) is 0.615. The number of nitrogens with one attached hydrogen (secondary N) is 1. The number of anilines is 1. The molecule has 1 N–H and O–H groups in total. The summed E-state index contributed by atoms with van der Waals surface area (Å²) in [6.45, 7) is 5.52. The van der Waals surface area contributed by atoms with E-state index >= 15 is 0 Å². The summed E-state index contributed by atoms with van der Waals surface area (Å²) in [6, 6.07) is 1.89. The number of morpholine rings is 1. The average molecular weight is 264 g/mol. The van der Waals surface area contributed by atoms with E-state index in [1.54, 1.807) is 6.20 Å². The molecule has 1 aromatic rings. The number of carbonyl (C=O) groups is 1. The van der Waals surface area contributed by atoms with Gasteiger partial charge in [0.2, 0.25) is 5.91 Å². The summed E-state index contributed by atoms with van der Waals surface area (Å²) in [5.74, 6) is 1.59. The smallest absolute Gasteiger partial charge is 0.220 e. The lowest BCUT2D eigenvalue weighted by Crippen LogP contribution is -2.37. The molecular weight excluding hydrogens is 244 g/mol. The molecule has 0 aliphatic carbocycles. The molecule has 0 bridgehead atoms. The topological polar surface area (TPSA) is 67.4 Å². The highest BCUT2D eigenvalue weighted by molar-refractivity contribution is 5.75. The maximum Gasteiger partial charge on any atom is 0.220 e. The SMILES string of the molecule is CCCC(=O)NCc1nccc(N2CCOCC2)n1. The predicted molar refractivity (Wildman–Crippen MR) is 71.8 cm³/mol. The third kappa shape index (κ3) is 4.17. The van der Waals surface area contributed by atoms with Gasteiger partial charge in [0.15, 0.2) is 0 Å². The molecule has 1 saturated heterocycles. The molecule has 1 aliphatic rings. The van der Waals surface area contributed by atoms with Gasteiger partial charge in [0.1, 0.15) is 11.6 Å². The number of carbonyl (C=O) groups excluding carboxylic acids is 1. The molecule has 0 atom stereocenters. The van der Waals surface area contributed by atoms with E-state index in [-0.39, 0.29) is 5.91 Å². The Morgan fingerprint density at radius 1 is 1.47 bits per heavy atom. The third-order valence-corrected chi connectivity index (χ3v) is 2.95. The molecule has 6 nitrogen and oxygen atoms in total. The first-order valence-electron chi connectivity index (χ1n) is 6.71. The quantitative estimate of drug-likeness (QED) is 0.849. The molecule has 1 fully saturated rings. The molecule has 19 heavy (non-hydrogen) atoms. The summed E-state index contributed by atoms with van der Waals surface area (Å²) in [6.07, 6.45) is 3.13.